The van der Waals surface area contributed by atoms with Gasteiger partial charge in [-0.25, -0.2) is 0 Å². The smallest absolute Gasteiger partial charge is 0.0410 e. The van der Waals surface area contributed by atoms with Crippen molar-refractivity contribution in [3.8, 4) is 0 Å². The Balaban J connectivity index is 2.93. The number of hydrogen-bond acceptors (Lipinski definition) is 2. The molecule has 1 heterocycles. The van der Waals surface area contributed by atoms with Crippen LogP contribution in [0.4, 0.5) is 0 Å². The van der Waals surface area contributed by atoms with Crippen LogP contribution in [0.15, 0.2) is 22.9 Å². The Labute approximate surface area is 87.7 Å². The van der Waals surface area contributed by atoms with Crippen molar-refractivity contribution in [1.82, 2.24) is 4.98 Å². The molecule has 0 bridgehead atoms. The number of halogens is 1. The first-order valence-corrected chi connectivity index (χ1v) is 5.16. The highest BCUT2D eigenvalue weighted by Crippen LogP contribution is 2.27. The monoisotopic (exact) mass is 242 g/mol. The van der Waals surface area contributed by atoms with Crippen LogP contribution in [0.2, 0.25) is 0 Å². The van der Waals surface area contributed by atoms with Gasteiger partial charge in [0.1, 0.15) is 0 Å². The number of nitrogens with two attached hydrogens (primary N) is 1. The maximum Gasteiger partial charge on any atom is 0.0410 e. The van der Waals surface area contributed by atoms with Gasteiger partial charge in [0.2, 0.25) is 0 Å². The summed E-state index contributed by atoms with van der Waals surface area (Å²) >= 11 is 3.41. The molecule has 1 aromatic rings. The molecule has 72 valence electrons. The molecule has 1 aromatic heterocycles. The molecule has 0 aromatic carbocycles. The van der Waals surface area contributed by atoms with E-state index < -0.39 is 0 Å². The summed E-state index contributed by atoms with van der Waals surface area (Å²) in [7, 11) is 0. The minimum absolute atomic E-state index is 0.117. The number of rotatable bonds is 3. The summed E-state index contributed by atoms with van der Waals surface area (Å²) < 4.78 is 1.02. The molecule has 0 aliphatic carbocycles. The average molecular weight is 243 g/mol. The molecule has 0 aliphatic heterocycles. The molecule has 0 saturated heterocycles. The lowest BCUT2D eigenvalue weighted by Crippen LogP contribution is -2.21. The van der Waals surface area contributed by atoms with Gasteiger partial charge in [0.15, 0.2) is 0 Å². The fourth-order valence-electron chi connectivity index (χ4n) is 1.29. The molecular formula is C10H15BrN2. The Kier molecular flexibility index (Phi) is 3.45. The summed E-state index contributed by atoms with van der Waals surface area (Å²) in [5, 5.41) is 0. The standard InChI is InChI=1S/C10H15BrN2/c1-10(2,3-4-12)8-5-9(11)7-13-6-8/h5-7H,3-4,12H2,1-2H3. The zero-order valence-corrected chi connectivity index (χ0v) is 9.63. The van der Waals surface area contributed by atoms with Crippen LogP contribution in [0.3, 0.4) is 0 Å². The molecule has 0 amide bonds. The second-order valence-electron chi connectivity index (χ2n) is 3.81. The highest BCUT2D eigenvalue weighted by molar-refractivity contribution is 9.10. The maximum atomic E-state index is 5.56. The fourth-order valence-corrected chi connectivity index (χ4v) is 1.65. The van der Waals surface area contributed by atoms with Crippen molar-refractivity contribution in [1.29, 1.82) is 0 Å². The third-order valence-corrected chi connectivity index (χ3v) is 2.69. The Hall–Kier alpha value is -0.410. The van der Waals surface area contributed by atoms with Crippen LogP contribution in [-0.4, -0.2) is 11.5 Å². The highest BCUT2D eigenvalue weighted by Gasteiger charge is 2.19. The number of hydrogen-bond donors (Lipinski definition) is 1. The molecule has 0 atom stereocenters. The van der Waals surface area contributed by atoms with Crippen molar-refractivity contribution in [3.63, 3.8) is 0 Å². The third kappa shape index (κ3) is 2.78. The molecule has 13 heavy (non-hydrogen) atoms. The summed E-state index contributed by atoms with van der Waals surface area (Å²) in [4.78, 5) is 4.15. The Morgan fingerprint density at radius 1 is 1.46 bits per heavy atom. The van der Waals surface area contributed by atoms with Crippen molar-refractivity contribution in [2.45, 2.75) is 25.7 Å². The van der Waals surface area contributed by atoms with E-state index >= 15 is 0 Å². The van der Waals surface area contributed by atoms with E-state index in [-0.39, 0.29) is 5.41 Å². The van der Waals surface area contributed by atoms with Gasteiger partial charge in [0.05, 0.1) is 0 Å². The van der Waals surface area contributed by atoms with Crippen LogP contribution in [0.25, 0.3) is 0 Å². The van der Waals surface area contributed by atoms with E-state index in [1.807, 2.05) is 6.20 Å². The van der Waals surface area contributed by atoms with Gasteiger partial charge in [-0.2, -0.15) is 0 Å². The van der Waals surface area contributed by atoms with Crippen molar-refractivity contribution in [2.75, 3.05) is 6.54 Å². The predicted octanol–water partition coefficient (Wildman–Crippen LogP) is 2.47. The normalized spacial score (nSPS) is 11.7. The Morgan fingerprint density at radius 2 is 2.15 bits per heavy atom. The molecule has 0 saturated carbocycles. The quantitative estimate of drug-likeness (QED) is 0.885. The van der Waals surface area contributed by atoms with Crippen molar-refractivity contribution < 1.29 is 0 Å². The first kappa shape index (κ1) is 10.7. The number of nitrogens with zero attached hydrogens (tertiary/aromatic N) is 1. The summed E-state index contributed by atoms with van der Waals surface area (Å²) in [5.74, 6) is 0. The SMILES string of the molecule is CC(C)(CCN)c1cncc(Br)c1. The van der Waals surface area contributed by atoms with Gasteiger partial charge in [0, 0.05) is 16.9 Å². The van der Waals surface area contributed by atoms with Gasteiger partial charge >= 0.3 is 0 Å². The molecule has 2 nitrogen and oxygen atoms in total. The van der Waals surface area contributed by atoms with Crippen LogP contribution in [-0.2, 0) is 5.41 Å². The van der Waals surface area contributed by atoms with E-state index in [0.717, 1.165) is 10.9 Å². The van der Waals surface area contributed by atoms with E-state index in [2.05, 4.69) is 40.8 Å². The Bertz CT molecular complexity index is 284. The lowest BCUT2D eigenvalue weighted by molar-refractivity contribution is 0.486. The van der Waals surface area contributed by atoms with Crippen LogP contribution >= 0.6 is 15.9 Å². The highest BCUT2D eigenvalue weighted by atomic mass is 79.9. The van der Waals surface area contributed by atoms with Gasteiger partial charge in [-0.1, -0.05) is 13.8 Å². The van der Waals surface area contributed by atoms with E-state index in [4.69, 9.17) is 5.73 Å². The summed E-state index contributed by atoms with van der Waals surface area (Å²) in [6.45, 7) is 5.08. The van der Waals surface area contributed by atoms with Gasteiger partial charge in [-0.15, -0.1) is 0 Å². The zero-order chi connectivity index (χ0) is 9.90. The molecule has 0 aliphatic rings. The molecule has 0 unspecified atom stereocenters. The number of pyridine rings is 1. The van der Waals surface area contributed by atoms with E-state index in [1.165, 1.54) is 5.56 Å². The predicted molar refractivity (Wildman–Crippen MR) is 58.6 cm³/mol. The van der Waals surface area contributed by atoms with Crippen molar-refractivity contribution in [3.05, 3.63) is 28.5 Å². The van der Waals surface area contributed by atoms with Crippen LogP contribution < -0.4 is 5.73 Å². The van der Waals surface area contributed by atoms with Gasteiger partial charge in [-0.3, -0.25) is 4.98 Å². The van der Waals surface area contributed by atoms with E-state index in [1.54, 1.807) is 6.20 Å². The first-order chi connectivity index (χ1) is 6.06. The van der Waals surface area contributed by atoms with E-state index in [9.17, 15) is 0 Å². The third-order valence-electron chi connectivity index (χ3n) is 2.26. The van der Waals surface area contributed by atoms with Crippen molar-refractivity contribution >= 4 is 15.9 Å². The van der Waals surface area contributed by atoms with Gasteiger partial charge in [-0.05, 0) is 45.9 Å². The summed E-state index contributed by atoms with van der Waals surface area (Å²) in [6, 6.07) is 2.10. The first-order valence-electron chi connectivity index (χ1n) is 4.37. The largest absolute Gasteiger partial charge is 0.330 e. The average Bonchev–Trinajstić information content (AvgIpc) is 2.04. The van der Waals surface area contributed by atoms with Crippen LogP contribution in [0.1, 0.15) is 25.8 Å². The fraction of sp³-hybridized carbons (Fsp3) is 0.500. The Morgan fingerprint density at radius 3 is 2.69 bits per heavy atom. The minimum atomic E-state index is 0.117. The number of aromatic nitrogens is 1. The lowest BCUT2D eigenvalue weighted by Gasteiger charge is -2.24. The molecule has 3 heteroatoms. The van der Waals surface area contributed by atoms with Gasteiger partial charge in [0.25, 0.3) is 0 Å². The summed E-state index contributed by atoms with van der Waals surface area (Å²) in [6.07, 6.45) is 4.67. The van der Waals surface area contributed by atoms with E-state index in [0.29, 0.717) is 6.54 Å². The minimum Gasteiger partial charge on any atom is -0.330 e. The molecule has 0 fully saturated rings. The van der Waals surface area contributed by atoms with Gasteiger partial charge < -0.3 is 5.73 Å². The molecule has 1 rings (SSSR count). The molecule has 0 radical (unpaired) electrons. The second-order valence-corrected chi connectivity index (χ2v) is 4.73. The molecule has 0 spiro atoms. The van der Waals surface area contributed by atoms with Crippen LogP contribution in [0, 0.1) is 0 Å². The topological polar surface area (TPSA) is 38.9 Å². The van der Waals surface area contributed by atoms with Crippen molar-refractivity contribution in [2.24, 2.45) is 5.73 Å². The molecule has 2 N–H and O–H groups in total. The second kappa shape index (κ2) is 4.20. The lowest BCUT2D eigenvalue weighted by atomic mass is 9.83. The summed E-state index contributed by atoms with van der Waals surface area (Å²) in [5.41, 5.74) is 6.90. The van der Waals surface area contributed by atoms with Crippen LogP contribution in [0.5, 0.6) is 0 Å². The molecular weight excluding hydrogens is 228 g/mol. The maximum absolute atomic E-state index is 5.56. The zero-order valence-electron chi connectivity index (χ0n) is 8.05.